The number of para-hydroxylation sites is 4. The van der Waals surface area contributed by atoms with E-state index in [1.54, 1.807) is 0 Å². The second-order valence-corrected chi connectivity index (χ2v) is 11.9. The molecule has 0 unspecified atom stereocenters. The van der Waals surface area contributed by atoms with Crippen molar-refractivity contribution in [3.8, 4) is 11.5 Å². The number of aromatic nitrogens is 1. The third-order valence-electron chi connectivity index (χ3n) is 8.86. The molecule has 6 aromatic carbocycles. The van der Waals surface area contributed by atoms with Crippen LogP contribution in [0.1, 0.15) is 0 Å². The maximum atomic E-state index is 6.37. The zero-order valence-corrected chi connectivity index (χ0v) is 22.2. The van der Waals surface area contributed by atoms with Gasteiger partial charge in [-0.1, -0.05) is 96.5 Å². The Balaban J connectivity index is 1.38. The maximum absolute atomic E-state index is 6.37. The summed E-state index contributed by atoms with van der Waals surface area (Å²) in [7, 11) is 0. The fourth-order valence-electron chi connectivity index (χ4n) is 7.25. The first-order valence-corrected chi connectivity index (χ1v) is 14.6. The first-order chi connectivity index (χ1) is 19.9. The van der Waals surface area contributed by atoms with E-state index in [-0.39, 0.29) is 6.71 Å². The number of nitrogens with zero attached hydrogens (tertiary/aromatic N) is 1. The van der Waals surface area contributed by atoms with Crippen LogP contribution in [0, 0.1) is 0 Å². The summed E-state index contributed by atoms with van der Waals surface area (Å²) in [5, 5.41) is 8.03. The quantitative estimate of drug-likeness (QED) is 0.199. The molecule has 0 spiro atoms. The highest BCUT2D eigenvalue weighted by Gasteiger charge is 2.34. The summed E-state index contributed by atoms with van der Waals surface area (Å²) >= 11 is 1.95. The standard InChI is InChI=1S/C36H20BNOS/c1-5-16-29-21(10-1)24-20-25-22-12-9-15-28(37-26-13-3-7-18-31(26)39-32-19-8-4-14-27(32)37)35(22)40-36(25)33-23-11-2-6-17-30(23)38(29)34(24)33/h1-20H. The molecule has 0 bridgehead atoms. The minimum absolute atomic E-state index is 0.114. The molecule has 0 aliphatic carbocycles. The van der Waals surface area contributed by atoms with Gasteiger partial charge < -0.3 is 9.14 Å². The van der Waals surface area contributed by atoms with Crippen LogP contribution >= 0.6 is 11.3 Å². The molecule has 4 heteroatoms. The van der Waals surface area contributed by atoms with E-state index in [1.165, 1.54) is 74.7 Å². The summed E-state index contributed by atoms with van der Waals surface area (Å²) in [6.07, 6.45) is 0. The molecule has 3 aromatic heterocycles. The molecule has 1 aliphatic heterocycles. The van der Waals surface area contributed by atoms with Crippen LogP contribution in [0.4, 0.5) is 0 Å². The van der Waals surface area contributed by atoms with Gasteiger partial charge in [-0.2, -0.15) is 0 Å². The molecular weight excluding hydrogens is 505 g/mol. The molecule has 0 saturated heterocycles. The highest BCUT2D eigenvalue weighted by Crippen LogP contribution is 2.47. The highest BCUT2D eigenvalue weighted by molar-refractivity contribution is 7.28. The lowest BCUT2D eigenvalue weighted by Gasteiger charge is -2.26. The van der Waals surface area contributed by atoms with E-state index in [2.05, 4.69) is 126 Å². The summed E-state index contributed by atoms with van der Waals surface area (Å²) in [6, 6.07) is 44.1. The van der Waals surface area contributed by atoms with E-state index in [0.717, 1.165) is 11.5 Å². The molecule has 0 atom stereocenters. The van der Waals surface area contributed by atoms with Crippen LogP contribution in [-0.2, 0) is 0 Å². The molecule has 9 aromatic rings. The van der Waals surface area contributed by atoms with Crippen molar-refractivity contribution < 1.29 is 4.74 Å². The molecule has 4 heterocycles. The van der Waals surface area contributed by atoms with E-state index < -0.39 is 0 Å². The van der Waals surface area contributed by atoms with Gasteiger partial charge >= 0.3 is 0 Å². The van der Waals surface area contributed by atoms with Gasteiger partial charge in [-0.3, -0.25) is 0 Å². The number of fused-ring (bicyclic) bond motifs is 12. The van der Waals surface area contributed by atoms with Gasteiger partial charge in [0.25, 0.3) is 6.71 Å². The number of thiophene rings is 1. The van der Waals surface area contributed by atoms with Crippen LogP contribution in [0.25, 0.3) is 58.3 Å². The number of hydrogen-bond acceptors (Lipinski definition) is 2. The topological polar surface area (TPSA) is 13.6 Å². The lowest BCUT2D eigenvalue weighted by molar-refractivity contribution is 0.487. The van der Waals surface area contributed by atoms with Crippen molar-refractivity contribution in [1.82, 2.24) is 4.40 Å². The van der Waals surface area contributed by atoms with Crippen molar-refractivity contribution in [2.24, 2.45) is 0 Å². The van der Waals surface area contributed by atoms with Gasteiger partial charge in [-0.05, 0) is 46.6 Å². The molecule has 0 N–H and O–H groups in total. The van der Waals surface area contributed by atoms with Gasteiger partial charge in [-0.25, -0.2) is 0 Å². The van der Waals surface area contributed by atoms with E-state index in [9.17, 15) is 0 Å². The lowest BCUT2D eigenvalue weighted by Crippen LogP contribution is -2.54. The van der Waals surface area contributed by atoms with Gasteiger partial charge in [0.2, 0.25) is 0 Å². The van der Waals surface area contributed by atoms with Crippen LogP contribution < -0.4 is 21.1 Å². The van der Waals surface area contributed by atoms with E-state index in [0.29, 0.717) is 0 Å². The lowest BCUT2D eigenvalue weighted by atomic mass is 9.36. The third kappa shape index (κ3) is 2.51. The zero-order chi connectivity index (χ0) is 25.9. The summed E-state index contributed by atoms with van der Waals surface area (Å²) in [5.41, 5.74) is 7.69. The molecule has 10 rings (SSSR count). The van der Waals surface area contributed by atoms with Crippen LogP contribution in [0.5, 0.6) is 11.5 Å². The fraction of sp³-hybridized carbons (Fsp3) is 0. The zero-order valence-electron chi connectivity index (χ0n) is 21.4. The Kier molecular flexibility index (Phi) is 3.92. The second-order valence-electron chi connectivity index (χ2n) is 10.8. The number of hydrogen-bond donors (Lipinski definition) is 0. The largest absolute Gasteiger partial charge is 0.458 e. The van der Waals surface area contributed by atoms with Crippen molar-refractivity contribution in [2.45, 2.75) is 0 Å². The van der Waals surface area contributed by atoms with Gasteiger partial charge in [0.1, 0.15) is 11.5 Å². The third-order valence-corrected chi connectivity index (χ3v) is 10.1. The van der Waals surface area contributed by atoms with Crippen molar-refractivity contribution in [1.29, 1.82) is 0 Å². The molecule has 0 fully saturated rings. The molecule has 1 aliphatic rings. The SMILES string of the molecule is c1ccc2c(c1)Oc1ccccc1B2c1cccc2c1sc1c2cc2c3ccccc3n3c4ccccc4c1c23. The monoisotopic (exact) mass is 525 g/mol. The molecule has 2 nitrogen and oxygen atoms in total. The first kappa shape index (κ1) is 21.1. The Morgan fingerprint density at radius 2 is 1.10 bits per heavy atom. The molecule has 40 heavy (non-hydrogen) atoms. The Labute approximate surface area is 234 Å². The Morgan fingerprint density at radius 1 is 0.500 bits per heavy atom. The summed E-state index contributed by atoms with van der Waals surface area (Å²) < 4.78 is 11.6. The van der Waals surface area contributed by atoms with Crippen LogP contribution in [0.2, 0.25) is 0 Å². The highest BCUT2D eigenvalue weighted by atomic mass is 32.1. The predicted octanol–water partition coefficient (Wildman–Crippen LogP) is 7.83. The average Bonchev–Trinajstić information content (AvgIpc) is 3.66. The number of ether oxygens (including phenoxy) is 1. The Bertz CT molecular complexity index is 2440. The predicted molar refractivity (Wildman–Crippen MR) is 172 cm³/mol. The Morgan fingerprint density at radius 3 is 1.88 bits per heavy atom. The number of benzene rings is 6. The number of rotatable bonds is 1. The van der Waals surface area contributed by atoms with Gasteiger partial charge in [0.15, 0.2) is 0 Å². The van der Waals surface area contributed by atoms with Crippen molar-refractivity contribution >= 4 is 92.7 Å². The normalized spacial score (nSPS) is 13.2. The maximum Gasteiger partial charge on any atom is 0.252 e. The van der Waals surface area contributed by atoms with E-state index in [4.69, 9.17) is 4.74 Å². The van der Waals surface area contributed by atoms with Crippen molar-refractivity contribution in [3.05, 3.63) is 121 Å². The van der Waals surface area contributed by atoms with Crippen LogP contribution in [0.3, 0.4) is 0 Å². The fourth-order valence-corrected chi connectivity index (χ4v) is 8.63. The molecular formula is C36H20BNOS. The molecule has 0 radical (unpaired) electrons. The summed E-state index contributed by atoms with van der Waals surface area (Å²) in [6.45, 7) is 0.114. The van der Waals surface area contributed by atoms with Gasteiger partial charge in [-0.15, -0.1) is 11.3 Å². The molecule has 0 saturated carbocycles. The van der Waals surface area contributed by atoms with E-state index >= 15 is 0 Å². The average molecular weight is 525 g/mol. The minimum atomic E-state index is 0.114. The smallest absolute Gasteiger partial charge is 0.252 e. The van der Waals surface area contributed by atoms with Crippen molar-refractivity contribution in [3.63, 3.8) is 0 Å². The van der Waals surface area contributed by atoms with Crippen LogP contribution in [-0.4, -0.2) is 11.1 Å². The second kappa shape index (κ2) is 7.44. The minimum Gasteiger partial charge on any atom is -0.458 e. The van der Waals surface area contributed by atoms with Crippen LogP contribution in [0.15, 0.2) is 121 Å². The first-order valence-electron chi connectivity index (χ1n) is 13.7. The molecule has 184 valence electrons. The summed E-state index contributed by atoms with van der Waals surface area (Å²) in [4.78, 5) is 0. The molecule has 0 amide bonds. The van der Waals surface area contributed by atoms with Gasteiger partial charge in [0.05, 0.1) is 16.6 Å². The van der Waals surface area contributed by atoms with Crippen molar-refractivity contribution in [2.75, 3.05) is 0 Å². The summed E-state index contributed by atoms with van der Waals surface area (Å²) in [5.74, 6) is 1.89. The van der Waals surface area contributed by atoms with E-state index in [1.807, 2.05) is 11.3 Å². The van der Waals surface area contributed by atoms with Gasteiger partial charge in [0, 0.05) is 36.3 Å². The Hall–Kier alpha value is -4.80.